The van der Waals surface area contributed by atoms with E-state index in [1.807, 2.05) is 6.92 Å². The topological polar surface area (TPSA) is 35.5 Å². The Morgan fingerprint density at radius 3 is 2.78 bits per heavy atom. The summed E-state index contributed by atoms with van der Waals surface area (Å²) in [6, 6.07) is 0. The van der Waals surface area contributed by atoms with Gasteiger partial charge in [-0.2, -0.15) is 0 Å². The maximum absolute atomic E-state index is 10.3. The number of hydrogen-bond donors (Lipinski definition) is 0. The number of hydrogen-bond acceptors (Lipinski definition) is 3. The van der Waals surface area contributed by atoms with Crippen molar-refractivity contribution in [3.8, 4) is 0 Å². The van der Waals surface area contributed by atoms with E-state index in [2.05, 4.69) is 9.47 Å². The van der Waals surface area contributed by atoms with Crippen LogP contribution in [-0.2, 0) is 9.47 Å². The normalized spacial score (nSPS) is 26.2. The second-order valence-corrected chi connectivity index (χ2v) is 1.99. The van der Waals surface area contributed by atoms with Gasteiger partial charge in [0.05, 0.1) is 0 Å². The van der Waals surface area contributed by atoms with E-state index in [1.165, 1.54) is 6.26 Å². The Hall–Kier alpha value is -0.990. The van der Waals surface area contributed by atoms with Gasteiger partial charge in [-0.1, -0.05) is 0 Å². The molecule has 0 fully saturated rings. The zero-order valence-electron chi connectivity index (χ0n) is 5.38. The van der Waals surface area contributed by atoms with Crippen LogP contribution < -0.4 is 0 Å². The van der Waals surface area contributed by atoms with Crippen molar-refractivity contribution in [2.24, 2.45) is 0 Å². The molecule has 0 aromatic carbocycles. The SMILES string of the molecule is CC1=COC(=O)OC1C. The Morgan fingerprint density at radius 2 is 2.33 bits per heavy atom. The molecule has 0 aliphatic carbocycles. The Morgan fingerprint density at radius 1 is 1.67 bits per heavy atom. The minimum atomic E-state index is -0.617. The van der Waals surface area contributed by atoms with Crippen LogP contribution in [0.1, 0.15) is 13.8 Å². The predicted octanol–water partition coefficient (Wildman–Crippen LogP) is 1.45. The highest BCUT2D eigenvalue weighted by Crippen LogP contribution is 2.11. The summed E-state index contributed by atoms with van der Waals surface area (Å²) in [6.45, 7) is 3.64. The van der Waals surface area contributed by atoms with E-state index in [9.17, 15) is 4.79 Å². The first-order valence-electron chi connectivity index (χ1n) is 2.74. The Labute approximate surface area is 53.3 Å². The predicted molar refractivity (Wildman–Crippen MR) is 30.8 cm³/mol. The van der Waals surface area contributed by atoms with E-state index in [1.54, 1.807) is 6.92 Å². The Bertz CT molecular complexity index is 160. The van der Waals surface area contributed by atoms with Crippen molar-refractivity contribution in [2.75, 3.05) is 0 Å². The van der Waals surface area contributed by atoms with Crippen LogP contribution in [0.4, 0.5) is 4.79 Å². The molecule has 1 unspecified atom stereocenters. The first-order valence-corrected chi connectivity index (χ1v) is 2.74. The van der Waals surface area contributed by atoms with E-state index >= 15 is 0 Å². The summed E-state index contributed by atoms with van der Waals surface area (Å²) in [6.07, 6.45) is 0.663. The minimum absolute atomic E-state index is 0.133. The summed E-state index contributed by atoms with van der Waals surface area (Å²) in [5.41, 5.74) is 0.926. The molecule has 3 heteroatoms. The lowest BCUT2D eigenvalue weighted by molar-refractivity contribution is 0.0493. The van der Waals surface area contributed by atoms with Crippen LogP contribution in [0.3, 0.4) is 0 Å². The van der Waals surface area contributed by atoms with Gasteiger partial charge in [0, 0.05) is 5.57 Å². The molecule has 3 nitrogen and oxygen atoms in total. The van der Waals surface area contributed by atoms with Gasteiger partial charge in [0.15, 0.2) is 0 Å². The summed E-state index contributed by atoms with van der Waals surface area (Å²) < 4.78 is 9.11. The molecular formula is C6H8O3. The van der Waals surface area contributed by atoms with Crippen LogP contribution in [0.2, 0.25) is 0 Å². The number of rotatable bonds is 0. The van der Waals surface area contributed by atoms with Crippen molar-refractivity contribution in [3.05, 3.63) is 11.8 Å². The van der Waals surface area contributed by atoms with E-state index < -0.39 is 6.16 Å². The van der Waals surface area contributed by atoms with Gasteiger partial charge in [-0.15, -0.1) is 0 Å². The monoisotopic (exact) mass is 128 g/mol. The quantitative estimate of drug-likeness (QED) is 0.463. The molecule has 0 saturated carbocycles. The van der Waals surface area contributed by atoms with Crippen LogP contribution in [0, 0.1) is 0 Å². The Kier molecular flexibility index (Phi) is 1.42. The van der Waals surface area contributed by atoms with Crippen molar-refractivity contribution in [1.29, 1.82) is 0 Å². The second-order valence-electron chi connectivity index (χ2n) is 1.99. The fourth-order valence-corrected chi connectivity index (χ4v) is 0.502. The van der Waals surface area contributed by atoms with Crippen molar-refractivity contribution < 1.29 is 14.3 Å². The summed E-state index contributed by atoms with van der Waals surface area (Å²) in [5.74, 6) is 0. The smallest absolute Gasteiger partial charge is 0.426 e. The first-order chi connectivity index (χ1) is 4.20. The number of ether oxygens (including phenoxy) is 2. The maximum atomic E-state index is 10.3. The summed E-state index contributed by atoms with van der Waals surface area (Å²) >= 11 is 0. The van der Waals surface area contributed by atoms with Gasteiger partial charge >= 0.3 is 6.16 Å². The molecule has 1 heterocycles. The summed E-state index contributed by atoms with van der Waals surface area (Å²) in [4.78, 5) is 10.3. The molecule has 1 atom stereocenters. The van der Waals surface area contributed by atoms with E-state index in [0.717, 1.165) is 5.57 Å². The van der Waals surface area contributed by atoms with Gasteiger partial charge in [0.1, 0.15) is 12.4 Å². The van der Waals surface area contributed by atoms with Crippen molar-refractivity contribution >= 4 is 6.16 Å². The zero-order valence-corrected chi connectivity index (χ0v) is 5.38. The van der Waals surface area contributed by atoms with Crippen LogP contribution in [0.25, 0.3) is 0 Å². The van der Waals surface area contributed by atoms with Crippen molar-refractivity contribution in [2.45, 2.75) is 20.0 Å². The highest BCUT2D eigenvalue weighted by atomic mass is 16.7. The van der Waals surface area contributed by atoms with Crippen molar-refractivity contribution in [3.63, 3.8) is 0 Å². The average Bonchev–Trinajstić information content (AvgIpc) is 1.80. The van der Waals surface area contributed by atoms with Gasteiger partial charge in [-0.3, -0.25) is 0 Å². The molecule has 0 N–H and O–H groups in total. The number of cyclic esters (lactones) is 2. The molecular weight excluding hydrogens is 120 g/mol. The molecule has 0 aromatic rings. The molecule has 1 aliphatic rings. The lowest BCUT2D eigenvalue weighted by atomic mass is 10.2. The van der Waals surface area contributed by atoms with E-state index in [-0.39, 0.29) is 6.10 Å². The highest BCUT2D eigenvalue weighted by molar-refractivity contribution is 5.62. The molecule has 9 heavy (non-hydrogen) atoms. The molecule has 0 amide bonds. The molecule has 0 aromatic heterocycles. The third kappa shape index (κ3) is 1.22. The van der Waals surface area contributed by atoms with E-state index in [4.69, 9.17) is 0 Å². The van der Waals surface area contributed by atoms with Crippen LogP contribution in [-0.4, -0.2) is 12.3 Å². The summed E-state index contributed by atoms with van der Waals surface area (Å²) in [5, 5.41) is 0. The van der Waals surface area contributed by atoms with Gasteiger partial charge in [-0.05, 0) is 13.8 Å². The minimum Gasteiger partial charge on any atom is -0.426 e. The molecule has 0 saturated heterocycles. The maximum Gasteiger partial charge on any atom is 0.513 e. The first kappa shape index (κ1) is 6.13. The van der Waals surface area contributed by atoms with Gasteiger partial charge in [-0.25, -0.2) is 4.79 Å². The van der Waals surface area contributed by atoms with Crippen LogP contribution in [0.15, 0.2) is 11.8 Å². The van der Waals surface area contributed by atoms with Gasteiger partial charge < -0.3 is 9.47 Å². The fourth-order valence-electron chi connectivity index (χ4n) is 0.502. The summed E-state index contributed by atoms with van der Waals surface area (Å²) in [7, 11) is 0. The molecule has 0 spiro atoms. The van der Waals surface area contributed by atoms with E-state index in [0.29, 0.717) is 0 Å². The molecule has 1 aliphatic heterocycles. The highest BCUT2D eigenvalue weighted by Gasteiger charge is 2.16. The standard InChI is InChI=1S/C6H8O3/c1-4-3-8-6(7)9-5(4)2/h3,5H,1-2H3. The molecule has 1 rings (SSSR count). The zero-order chi connectivity index (χ0) is 6.85. The lowest BCUT2D eigenvalue weighted by Crippen LogP contribution is -2.20. The van der Waals surface area contributed by atoms with Crippen molar-refractivity contribution in [1.82, 2.24) is 0 Å². The average molecular weight is 128 g/mol. The number of carbonyl (C=O) groups is 1. The van der Waals surface area contributed by atoms with Gasteiger partial charge in [0.2, 0.25) is 0 Å². The lowest BCUT2D eigenvalue weighted by Gasteiger charge is -2.16. The van der Waals surface area contributed by atoms with Gasteiger partial charge in [0.25, 0.3) is 0 Å². The van der Waals surface area contributed by atoms with Crippen LogP contribution >= 0.6 is 0 Å². The number of carbonyl (C=O) groups excluding carboxylic acids is 1. The second kappa shape index (κ2) is 2.09. The molecule has 50 valence electrons. The molecule has 0 radical (unpaired) electrons. The largest absolute Gasteiger partial charge is 0.513 e. The van der Waals surface area contributed by atoms with Crippen LogP contribution in [0.5, 0.6) is 0 Å². The third-order valence-electron chi connectivity index (χ3n) is 1.26. The third-order valence-corrected chi connectivity index (χ3v) is 1.26. The molecule has 0 bridgehead atoms. The Balaban J connectivity index is 2.67. The fraction of sp³-hybridized carbons (Fsp3) is 0.500.